The van der Waals surface area contributed by atoms with Crippen molar-refractivity contribution in [3.8, 4) is 0 Å². The second-order valence-corrected chi connectivity index (χ2v) is 9.26. The maximum absolute atomic E-state index is 12.9. The van der Waals surface area contributed by atoms with Crippen molar-refractivity contribution in [2.45, 2.75) is 44.9 Å². The van der Waals surface area contributed by atoms with Gasteiger partial charge in [0, 0.05) is 30.9 Å². The molecular formula is C22H29N3O3S. The third-order valence-corrected chi connectivity index (χ3v) is 6.76. The summed E-state index contributed by atoms with van der Waals surface area (Å²) in [6.45, 7) is 7.92. The van der Waals surface area contributed by atoms with Gasteiger partial charge < -0.3 is 10.2 Å². The number of carbonyl (C=O) groups is 1. The molecule has 1 aliphatic rings. The molecule has 29 heavy (non-hydrogen) atoms. The number of aryl methyl sites for hydroxylation is 2. The first-order chi connectivity index (χ1) is 13.8. The summed E-state index contributed by atoms with van der Waals surface area (Å²) in [6, 6.07) is 10.6. The van der Waals surface area contributed by atoms with Crippen LogP contribution >= 0.6 is 0 Å². The van der Waals surface area contributed by atoms with E-state index in [-0.39, 0.29) is 10.8 Å². The lowest BCUT2D eigenvalue weighted by Gasteiger charge is -2.22. The summed E-state index contributed by atoms with van der Waals surface area (Å²) in [5, 5.41) is 2.87. The van der Waals surface area contributed by atoms with E-state index in [1.54, 1.807) is 12.1 Å². The molecule has 2 aromatic carbocycles. The molecule has 6 nitrogen and oxygen atoms in total. The van der Waals surface area contributed by atoms with Crippen LogP contribution in [0.1, 0.15) is 47.7 Å². The zero-order chi connectivity index (χ0) is 21.0. The third kappa shape index (κ3) is 4.97. The Bertz CT molecular complexity index is 996. The summed E-state index contributed by atoms with van der Waals surface area (Å²) in [6.07, 6.45) is 2.78. The van der Waals surface area contributed by atoms with Crippen molar-refractivity contribution in [2.75, 3.05) is 29.9 Å². The molecule has 1 amide bonds. The molecule has 0 saturated carbocycles. The average Bonchev–Trinajstić information content (AvgIpc) is 3.23. The average molecular weight is 416 g/mol. The van der Waals surface area contributed by atoms with Gasteiger partial charge in [-0.15, -0.1) is 0 Å². The Hall–Kier alpha value is -2.38. The van der Waals surface area contributed by atoms with Crippen molar-refractivity contribution in [2.24, 2.45) is 0 Å². The zero-order valence-corrected chi connectivity index (χ0v) is 18.1. The number of carbonyl (C=O) groups excluding carboxylic acids is 1. The van der Waals surface area contributed by atoms with Gasteiger partial charge >= 0.3 is 0 Å². The van der Waals surface area contributed by atoms with Gasteiger partial charge in [-0.2, -0.15) is 0 Å². The minimum absolute atomic E-state index is 0.167. The highest BCUT2D eigenvalue weighted by Crippen LogP contribution is 2.29. The van der Waals surface area contributed by atoms with Crippen LogP contribution in [0.4, 0.5) is 11.4 Å². The summed E-state index contributed by atoms with van der Waals surface area (Å²) in [5.74, 6) is -0.326. The fourth-order valence-corrected chi connectivity index (χ4v) is 4.81. The van der Waals surface area contributed by atoms with Crippen LogP contribution < -0.4 is 14.9 Å². The molecule has 0 aromatic heterocycles. The SMILES string of the molecule is CCCNS(=O)(=O)c1cc(C(=O)Nc2ccc(C)c(C)c2)ccc1N1CCCC1. The van der Waals surface area contributed by atoms with E-state index >= 15 is 0 Å². The molecule has 0 atom stereocenters. The van der Waals surface area contributed by atoms with Gasteiger partial charge in [-0.1, -0.05) is 13.0 Å². The van der Waals surface area contributed by atoms with Crippen LogP contribution in [-0.2, 0) is 10.0 Å². The van der Waals surface area contributed by atoms with Gasteiger partial charge in [-0.05, 0) is 74.6 Å². The Labute approximate surface area is 173 Å². The summed E-state index contributed by atoms with van der Waals surface area (Å²) in [5.41, 5.74) is 3.90. The van der Waals surface area contributed by atoms with Crippen molar-refractivity contribution in [3.05, 3.63) is 53.1 Å². The number of sulfonamides is 1. The molecule has 1 saturated heterocycles. The molecule has 3 rings (SSSR count). The Balaban J connectivity index is 1.93. The van der Waals surface area contributed by atoms with Crippen LogP contribution in [-0.4, -0.2) is 34.0 Å². The smallest absolute Gasteiger partial charge is 0.255 e. The maximum atomic E-state index is 12.9. The summed E-state index contributed by atoms with van der Waals surface area (Å²) < 4.78 is 28.5. The summed E-state index contributed by atoms with van der Waals surface area (Å²) in [4.78, 5) is 15.0. The van der Waals surface area contributed by atoms with Crippen LogP contribution in [0.3, 0.4) is 0 Å². The van der Waals surface area contributed by atoms with Crippen molar-refractivity contribution in [1.29, 1.82) is 0 Å². The van der Waals surface area contributed by atoms with E-state index in [9.17, 15) is 13.2 Å². The van der Waals surface area contributed by atoms with Crippen molar-refractivity contribution < 1.29 is 13.2 Å². The molecule has 7 heteroatoms. The topological polar surface area (TPSA) is 78.5 Å². The van der Waals surface area contributed by atoms with Gasteiger partial charge in [0.1, 0.15) is 4.90 Å². The Morgan fingerprint density at radius 1 is 1.03 bits per heavy atom. The van der Waals surface area contributed by atoms with Crippen LogP contribution in [0.25, 0.3) is 0 Å². The molecule has 0 unspecified atom stereocenters. The second-order valence-electron chi connectivity index (χ2n) is 7.53. The lowest BCUT2D eigenvalue weighted by atomic mass is 10.1. The lowest BCUT2D eigenvalue weighted by molar-refractivity contribution is 0.102. The van der Waals surface area contributed by atoms with Crippen molar-refractivity contribution in [3.63, 3.8) is 0 Å². The van der Waals surface area contributed by atoms with Gasteiger partial charge in [-0.25, -0.2) is 13.1 Å². The van der Waals surface area contributed by atoms with Crippen LogP contribution in [0, 0.1) is 13.8 Å². The molecular weight excluding hydrogens is 386 g/mol. The fourth-order valence-electron chi connectivity index (χ4n) is 3.43. The standard InChI is InChI=1S/C22H29N3O3S/c1-4-11-23-29(27,28)21-15-18(8-10-20(21)25-12-5-6-13-25)22(26)24-19-9-7-16(2)17(3)14-19/h7-10,14-15,23H,4-6,11-13H2,1-3H3,(H,24,26). The first kappa shape index (κ1) is 21.3. The molecule has 2 N–H and O–H groups in total. The van der Waals surface area contributed by atoms with Gasteiger partial charge in [-0.3, -0.25) is 4.79 Å². The van der Waals surface area contributed by atoms with E-state index in [0.29, 0.717) is 29.9 Å². The predicted octanol–water partition coefficient (Wildman–Crippen LogP) is 3.84. The Morgan fingerprint density at radius 3 is 2.41 bits per heavy atom. The third-order valence-electron chi connectivity index (χ3n) is 5.27. The van der Waals surface area contributed by atoms with Gasteiger partial charge in [0.25, 0.3) is 5.91 Å². The number of hydrogen-bond donors (Lipinski definition) is 2. The van der Waals surface area contributed by atoms with E-state index in [4.69, 9.17) is 0 Å². The van der Waals surface area contributed by atoms with Gasteiger partial charge in [0.05, 0.1) is 5.69 Å². The predicted molar refractivity (Wildman–Crippen MR) is 117 cm³/mol. The van der Waals surface area contributed by atoms with E-state index < -0.39 is 10.0 Å². The van der Waals surface area contributed by atoms with Crippen LogP contribution in [0.2, 0.25) is 0 Å². The highest BCUT2D eigenvalue weighted by atomic mass is 32.2. The zero-order valence-electron chi connectivity index (χ0n) is 17.3. The normalized spacial score (nSPS) is 14.2. The number of anilines is 2. The fraction of sp³-hybridized carbons (Fsp3) is 0.409. The molecule has 0 bridgehead atoms. The molecule has 1 fully saturated rings. The number of benzene rings is 2. The number of hydrogen-bond acceptors (Lipinski definition) is 4. The molecule has 2 aromatic rings. The van der Waals surface area contributed by atoms with Crippen molar-refractivity contribution in [1.82, 2.24) is 4.72 Å². The highest BCUT2D eigenvalue weighted by Gasteiger charge is 2.25. The molecule has 0 aliphatic carbocycles. The maximum Gasteiger partial charge on any atom is 0.255 e. The molecule has 1 aliphatic heterocycles. The quantitative estimate of drug-likeness (QED) is 0.720. The molecule has 156 valence electrons. The number of amides is 1. The highest BCUT2D eigenvalue weighted by molar-refractivity contribution is 7.89. The molecule has 0 spiro atoms. The van der Waals surface area contributed by atoms with E-state index in [1.807, 2.05) is 39.0 Å². The first-order valence-corrected chi connectivity index (χ1v) is 11.6. The van der Waals surface area contributed by atoms with Gasteiger partial charge in [0.2, 0.25) is 10.0 Å². The molecule has 0 radical (unpaired) electrons. The number of nitrogens with one attached hydrogen (secondary N) is 2. The van der Waals surface area contributed by atoms with Gasteiger partial charge in [0.15, 0.2) is 0 Å². The first-order valence-electron chi connectivity index (χ1n) is 10.1. The Morgan fingerprint density at radius 2 is 1.76 bits per heavy atom. The lowest BCUT2D eigenvalue weighted by Crippen LogP contribution is -2.28. The second kappa shape index (κ2) is 8.97. The largest absolute Gasteiger partial charge is 0.370 e. The van der Waals surface area contributed by atoms with Crippen molar-refractivity contribution >= 4 is 27.3 Å². The summed E-state index contributed by atoms with van der Waals surface area (Å²) >= 11 is 0. The minimum Gasteiger partial charge on any atom is -0.370 e. The molecule has 1 heterocycles. The van der Waals surface area contributed by atoms with Crippen LogP contribution in [0.5, 0.6) is 0 Å². The monoisotopic (exact) mass is 415 g/mol. The van der Waals surface area contributed by atoms with E-state index in [2.05, 4.69) is 14.9 Å². The Kier molecular flexibility index (Phi) is 6.59. The van der Waals surface area contributed by atoms with Crippen LogP contribution in [0.15, 0.2) is 41.3 Å². The van der Waals surface area contributed by atoms with E-state index in [1.165, 1.54) is 6.07 Å². The summed E-state index contributed by atoms with van der Waals surface area (Å²) in [7, 11) is -3.70. The number of rotatable bonds is 7. The minimum atomic E-state index is -3.70. The van der Waals surface area contributed by atoms with E-state index in [0.717, 1.165) is 37.1 Å². The number of nitrogens with zero attached hydrogens (tertiary/aromatic N) is 1.